The molecule has 1 aromatic carbocycles. The number of benzene rings is 1. The summed E-state index contributed by atoms with van der Waals surface area (Å²) in [7, 11) is 4.75. The van der Waals surface area contributed by atoms with Gasteiger partial charge in [-0.1, -0.05) is 6.92 Å². The fraction of sp³-hybridized carbons (Fsp3) is 0.500. The van der Waals surface area contributed by atoms with Gasteiger partial charge >= 0.3 is 0 Å². The fourth-order valence-corrected chi connectivity index (χ4v) is 1.54. The average Bonchev–Trinajstić information content (AvgIpc) is 2.35. The molecule has 1 atom stereocenters. The van der Waals surface area contributed by atoms with E-state index in [0.717, 1.165) is 5.56 Å². The Morgan fingerprint density at radius 3 is 1.94 bits per heavy atom. The molecule has 1 aromatic rings. The lowest BCUT2D eigenvalue weighted by atomic mass is 10.0. The van der Waals surface area contributed by atoms with Crippen LogP contribution < -0.4 is 14.2 Å². The lowest BCUT2D eigenvalue weighted by molar-refractivity contribution is 0.268. The first-order valence-corrected chi connectivity index (χ1v) is 5.08. The number of methoxy groups -OCH3 is 3. The number of hydrogen-bond acceptors (Lipinski definition) is 4. The van der Waals surface area contributed by atoms with E-state index in [1.54, 1.807) is 27.4 Å². The molecule has 0 saturated heterocycles. The van der Waals surface area contributed by atoms with Gasteiger partial charge in [0, 0.05) is 24.2 Å². The minimum atomic E-state index is -0.00486. The maximum absolute atomic E-state index is 9.17. The molecule has 0 bridgehead atoms. The normalized spacial score (nSPS) is 12.1. The van der Waals surface area contributed by atoms with E-state index in [9.17, 15) is 5.11 Å². The smallest absolute Gasteiger partial charge is 0.164 e. The van der Waals surface area contributed by atoms with Crippen LogP contribution in [-0.2, 0) is 0 Å². The second-order valence-electron chi connectivity index (χ2n) is 3.53. The highest BCUT2D eigenvalue weighted by Crippen LogP contribution is 2.37. The van der Waals surface area contributed by atoms with Crippen molar-refractivity contribution in [2.75, 3.05) is 27.9 Å². The van der Waals surface area contributed by atoms with Crippen LogP contribution in [0.5, 0.6) is 17.2 Å². The molecule has 0 amide bonds. The van der Waals surface area contributed by atoms with E-state index in [-0.39, 0.29) is 12.5 Å². The van der Waals surface area contributed by atoms with E-state index in [0.29, 0.717) is 17.2 Å². The second-order valence-corrected chi connectivity index (χ2v) is 3.53. The standard InChI is InChI=1S/C12H18O4/c1-8(7-13)9-5-11(15-3)12(16-4)6-10(9)14-2/h5-6,8,13H,7H2,1-4H3. The fourth-order valence-electron chi connectivity index (χ4n) is 1.54. The minimum absolute atomic E-state index is 0.00486. The monoisotopic (exact) mass is 226 g/mol. The summed E-state index contributed by atoms with van der Waals surface area (Å²) in [5.74, 6) is 1.95. The Hall–Kier alpha value is -1.42. The summed E-state index contributed by atoms with van der Waals surface area (Å²) in [6.07, 6.45) is 0. The zero-order valence-corrected chi connectivity index (χ0v) is 10.1. The molecule has 16 heavy (non-hydrogen) atoms. The Labute approximate surface area is 95.8 Å². The van der Waals surface area contributed by atoms with Crippen molar-refractivity contribution in [3.8, 4) is 17.2 Å². The van der Waals surface area contributed by atoms with Crippen molar-refractivity contribution in [3.63, 3.8) is 0 Å². The van der Waals surface area contributed by atoms with Crippen LogP contribution >= 0.6 is 0 Å². The second kappa shape index (κ2) is 5.61. The Bertz CT molecular complexity index is 349. The van der Waals surface area contributed by atoms with Crippen molar-refractivity contribution in [1.82, 2.24) is 0 Å². The summed E-state index contributed by atoms with van der Waals surface area (Å²) in [5.41, 5.74) is 0.905. The molecule has 0 saturated carbocycles. The van der Waals surface area contributed by atoms with E-state index in [4.69, 9.17) is 14.2 Å². The molecule has 0 aromatic heterocycles. The topological polar surface area (TPSA) is 47.9 Å². The molecule has 0 fully saturated rings. The van der Waals surface area contributed by atoms with Gasteiger partial charge in [-0.15, -0.1) is 0 Å². The molecular formula is C12H18O4. The average molecular weight is 226 g/mol. The van der Waals surface area contributed by atoms with Crippen molar-refractivity contribution in [2.45, 2.75) is 12.8 Å². The van der Waals surface area contributed by atoms with Crippen LogP contribution in [0.1, 0.15) is 18.4 Å². The molecule has 1 N–H and O–H groups in total. The largest absolute Gasteiger partial charge is 0.496 e. The van der Waals surface area contributed by atoms with Crippen molar-refractivity contribution < 1.29 is 19.3 Å². The molecule has 1 unspecified atom stereocenters. The van der Waals surface area contributed by atoms with Crippen molar-refractivity contribution >= 4 is 0 Å². The Morgan fingerprint density at radius 2 is 1.50 bits per heavy atom. The predicted molar refractivity (Wildman–Crippen MR) is 61.6 cm³/mol. The van der Waals surface area contributed by atoms with Gasteiger partial charge in [0.1, 0.15) is 5.75 Å². The molecule has 4 heteroatoms. The van der Waals surface area contributed by atoms with Gasteiger partial charge in [0.15, 0.2) is 11.5 Å². The van der Waals surface area contributed by atoms with Crippen LogP contribution in [0.3, 0.4) is 0 Å². The van der Waals surface area contributed by atoms with Gasteiger partial charge in [0.25, 0.3) is 0 Å². The van der Waals surface area contributed by atoms with Gasteiger partial charge in [-0.2, -0.15) is 0 Å². The summed E-state index contributed by atoms with van der Waals surface area (Å²) in [6.45, 7) is 1.98. The molecule has 4 nitrogen and oxygen atoms in total. The molecule has 0 radical (unpaired) electrons. The summed E-state index contributed by atoms with van der Waals surface area (Å²) in [4.78, 5) is 0. The molecule has 0 heterocycles. The molecule has 0 aliphatic rings. The van der Waals surface area contributed by atoms with E-state index < -0.39 is 0 Å². The third kappa shape index (κ3) is 2.39. The van der Waals surface area contributed by atoms with Crippen LogP contribution in [-0.4, -0.2) is 33.0 Å². The first-order valence-electron chi connectivity index (χ1n) is 5.08. The van der Waals surface area contributed by atoms with Crippen molar-refractivity contribution in [1.29, 1.82) is 0 Å². The van der Waals surface area contributed by atoms with Crippen LogP contribution in [0, 0.1) is 0 Å². The molecule has 0 aliphatic heterocycles. The number of hydrogen-bond donors (Lipinski definition) is 1. The lowest BCUT2D eigenvalue weighted by Crippen LogP contribution is -2.03. The molecule has 1 rings (SSSR count). The maximum Gasteiger partial charge on any atom is 0.164 e. The highest BCUT2D eigenvalue weighted by atomic mass is 16.5. The summed E-state index contributed by atoms with van der Waals surface area (Å²) >= 11 is 0. The first-order chi connectivity index (χ1) is 7.67. The summed E-state index contributed by atoms with van der Waals surface area (Å²) in [6, 6.07) is 3.60. The van der Waals surface area contributed by atoms with E-state index >= 15 is 0 Å². The van der Waals surface area contributed by atoms with Gasteiger partial charge in [0.2, 0.25) is 0 Å². The predicted octanol–water partition coefficient (Wildman–Crippen LogP) is 1.81. The SMILES string of the molecule is COc1cc(OC)c(C(C)CO)cc1OC. The molecule has 0 spiro atoms. The molecule has 0 aliphatic carbocycles. The Balaban J connectivity index is 3.25. The van der Waals surface area contributed by atoms with E-state index in [1.165, 1.54) is 0 Å². The van der Waals surface area contributed by atoms with Gasteiger partial charge in [-0.3, -0.25) is 0 Å². The van der Waals surface area contributed by atoms with E-state index in [2.05, 4.69) is 0 Å². The van der Waals surface area contributed by atoms with Crippen LogP contribution in [0.25, 0.3) is 0 Å². The third-order valence-electron chi connectivity index (χ3n) is 2.54. The minimum Gasteiger partial charge on any atom is -0.496 e. The maximum atomic E-state index is 9.17. The van der Waals surface area contributed by atoms with Crippen molar-refractivity contribution in [3.05, 3.63) is 17.7 Å². The van der Waals surface area contributed by atoms with Crippen LogP contribution in [0.2, 0.25) is 0 Å². The number of ether oxygens (including phenoxy) is 3. The number of aliphatic hydroxyl groups excluding tert-OH is 1. The highest BCUT2D eigenvalue weighted by molar-refractivity contribution is 5.51. The van der Waals surface area contributed by atoms with Crippen LogP contribution in [0.4, 0.5) is 0 Å². The third-order valence-corrected chi connectivity index (χ3v) is 2.54. The zero-order chi connectivity index (χ0) is 12.1. The summed E-state index contributed by atoms with van der Waals surface area (Å²) < 4.78 is 15.7. The first kappa shape index (κ1) is 12.6. The van der Waals surface area contributed by atoms with E-state index in [1.807, 2.05) is 13.0 Å². The Morgan fingerprint density at radius 1 is 1.00 bits per heavy atom. The highest BCUT2D eigenvalue weighted by Gasteiger charge is 2.15. The number of rotatable bonds is 5. The Kier molecular flexibility index (Phi) is 4.43. The van der Waals surface area contributed by atoms with Gasteiger partial charge in [-0.25, -0.2) is 0 Å². The van der Waals surface area contributed by atoms with Crippen molar-refractivity contribution in [2.24, 2.45) is 0 Å². The molecule has 90 valence electrons. The molecular weight excluding hydrogens is 208 g/mol. The van der Waals surface area contributed by atoms with Crippen LogP contribution in [0.15, 0.2) is 12.1 Å². The van der Waals surface area contributed by atoms with Gasteiger partial charge < -0.3 is 19.3 Å². The van der Waals surface area contributed by atoms with Gasteiger partial charge in [0.05, 0.1) is 21.3 Å². The zero-order valence-electron chi connectivity index (χ0n) is 10.1. The van der Waals surface area contributed by atoms with Gasteiger partial charge in [-0.05, 0) is 6.07 Å². The quantitative estimate of drug-likeness (QED) is 0.831. The number of aliphatic hydroxyl groups is 1. The lowest BCUT2D eigenvalue weighted by Gasteiger charge is -2.17. The summed E-state index contributed by atoms with van der Waals surface area (Å²) in [5, 5.41) is 9.17.